The van der Waals surface area contributed by atoms with Crippen molar-refractivity contribution in [3.05, 3.63) is 0 Å². The van der Waals surface area contributed by atoms with Gasteiger partial charge in [0.2, 0.25) is 0 Å². The molecule has 0 bridgehead atoms. The van der Waals surface area contributed by atoms with Crippen LogP contribution in [0.15, 0.2) is 0 Å². The molecular formula is C28H56O8. The molecule has 0 aliphatic carbocycles. The topological polar surface area (TPSA) is 81.7 Å². The molecule has 0 heterocycles. The van der Waals surface area contributed by atoms with E-state index in [-0.39, 0.29) is 6.61 Å². The molecule has 0 radical (unpaired) electrons. The minimum atomic E-state index is -0.391. The second kappa shape index (κ2) is 32.3. The van der Waals surface area contributed by atoms with E-state index in [9.17, 15) is 4.79 Å². The van der Waals surface area contributed by atoms with Gasteiger partial charge in [0, 0.05) is 6.61 Å². The molecule has 0 aliphatic rings. The van der Waals surface area contributed by atoms with Gasteiger partial charge in [-0.3, -0.25) is 0 Å². The number of hydrogen-bond acceptors (Lipinski definition) is 8. The number of ether oxygens (including phenoxy) is 7. The van der Waals surface area contributed by atoms with E-state index in [0.717, 1.165) is 13.0 Å². The van der Waals surface area contributed by atoms with Gasteiger partial charge in [0.1, 0.15) is 6.61 Å². The number of carbonyl (C=O) groups excluding carboxylic acids is 1. The molecule has 0 amide bonds. The first kappa shape index (κ1) is 35.2. The summed E-state index contributed by atoms with van der Waals surface area (Å²) < 4.78 is 36.9. The molecule has 0 N–H and O–H groups in total. The van der Waals surface area contributed by atoms with Gasteiger partial charge in [0.25, 0.3) is 0 Å². The first-order valence-corrected chi connectivity index (χ1v) is 14.3. The zero-order valence-corrected chi connectivity index (χ0v) is 23.4. The lowest BCUT2D eigenvalue weighted by Gasteiger charge is -2.08. The summed E-state index contributed by atoms with van der Waals surface area (Å²) in [4.78, 5) is 10.8. The molecule has 0 aromatic carbocycles. The van der Waals surface area contributed by atoms with E-state index < -0.39 is 5.97 Å². The fourth-order valence-corrected chi connectivity index (χ4v) is 3.54. The Hall–Kier alpha value is -0.770. The molecule has 0 rings (SSSR count). The Kier molecular flexibility index (Phi) is 31.6. The van der Waals surface area contributed by atoms with Gasteiger partial charge in [0.15, 0.2) is 0 Å². The number of rotatable bonds is 31. The average molecular weight is 521 g/mol. The zero-order valence-electron chi connectivity index (χ0n) is 23.4. The normalized spacial score (nSPS) is 11.3. The SMILES string of the molecule is CCCCCCCCCCCCCCCOCCOCCOCCOCCOCCOCC(=O)OC. The van der Waals surface area contributed by atoms with Gasteiger partial charge < -0.3 is 33.2 Å². The molecule has 36 heavy (non-hydrogen) atoms. The zero-order chi connectivity index (χ0) is 26.2. The number of esters is 1. The molecule has 0 atom stereocenters. The van der Waals surface area contributed by atoms with Crippen LogP contribution in [-0.4, -0.2) is 92.4 Å². The molecule has 8 nitrogen and oxygen atoms in total. The summed E-state index contributed by atoms with van der Waals surface area (Å²) in [7, 11) is 1.33. The van der Waals surface area contributed by atoms with Gasteiger partial charge in [-0.2, -0.15) is 0 Å². The van der Waals surface area contributed by atoms with Gasteiger partial charge >= 0.3 is 5.97 Å². The monoisotopic (exact) mass is 520 g/mol. The number of carbonyl (C=O) groups is 1. The van der Waals surface area contributed by atoms with Crippen LogP contribution in [0, 0.1) is 0 Å². The lowest BCUT2D eigenvalue weighted by molar-refractivity contribution is -0.146. The van der Waals surface area contributed by atoms with Crippen molar-refractivity contribution in [2.24, 2.45) is 0 Å². The van der Waals surface area contributed by atoms with Crippen LogP contribution in [0.4, 0.5) is 0 Å². The quantitative estimate of drug-likeness (QED) is 0.0894. The largest absolute Gasteiger partial charge is 0.467 e. The van der Waals surface area contributed by atoms with E-state index in [1.54, 1.807) is 0 Å². The maximum atomic E-state index is 10.8. The van der Waals surface area contributed by atoms with Gasteiger partial charge in [-0.1, -0.05) is 84.0 Å². The van der Waals surface area contributed by atoms with Crippen LogP contribution in [0.5, 0.6) is 0 Å². The Bertz CT molecular complexity index is 422. The summed E-state index contributed by atoms with van der Waals surface area (Å²) in [5, 5.41) is 0. The molecular weight excluding hydrogens is 464 g/mol. The lowest BCUT2D eigenvalue weighted by atomic mass is 10.0. The van der Waals surface area contributed by atoms with Crippen LogP contribution >= 0.6 is 0 Å². The second-order valence-electron chi connectivity index (χ2n) is 8.93. The number of hydrogen-bond donors (Lipinski definition) is 0. The molecule has 8 heteroatoms. The summed E-state index contributed by atoms with van der Waals surface area (Å²) in [5.41, 5.74) is 0. The fraction of sp³-hybridized carbons (Fsp3) is 0.964. The predicted molar refractivity (Wildman–Crippen MR) is 143 cm³/mol. The standard InChI is InChI=1S/C28H56O8/c1-3-4-5-6-7-8-9-10-11-12-13-14-15-16-31-17-18-32-19-20-33-21-22-34-23-24-35-25-26-36-27-28(29)30-2/h3-27H2,1-2H3. The third-order valence-corrected chi connectivity index (χ3v) is 5.70. The third kappa shape index (κ3) is 31.3. The molecule has 216 valence electrons. The van der Waals surface area contributed by atoms with Gasteiger partial charge in [-0.25, -0.2) is 4.79 Å². The highest BCUT2D eigenvalue weighted by molar-refractivity contribution is 5.70. The van der Waals surface area contributed by atoms with E-state index in [1.807, 2.05) is 0 Å². The van der Waals surface area contributed by atoms with Crippen LogP contribution in [-0.2, 0) is 38.0 Å². The van der Waals surface area contributed by atoms with Crippen LogP contribution in [0.2, 0.25) is 0 Å². The minimum absolute atomic E-state index is 0.0516. The predicted octanol–water partition coefficient (Wildman–Crippen LogP) is 5.35. The van der Waals surface area contributed by atoms with Crippen molar-refractivity contribution in [1.29, 1.82) is 0 Å². The van der Waals surface area contributed by atoms with E-state index >= 15 is 0 Å². The molecule has 0 saturated carbocycles. The van der Waals surface area contributed by atoms with E-state index in [1.165, 1.54) is 84.2 Å². The van der Waals surface area contributed by atoms with E-state index in [4.69, 9.17) is 28.4 Å². The smallest absolute Gasteiger partial charge is 0.331 e. The van der Waals surface area contributed by atoms with Crippen LogP contribution in [0.1, 0.15) is 90.4 Å². The maximum Gasteiger partial charge on any atom is 0.331 e. The van der Waals surface area contributed by atoms with Crippen molar-refractivity contribution in [1.82, 2.24) is 0 Å². The van der Waals surface area contributed by atoms with Crippen LogP contribution in [0.3, 0.4) is 0 Å². The Labute approximate surface area is 221 Å². The number of unbranched alkanes of at least 4 members (excludes halogenated alkanes) is 12. The van der Waals surface area contributed by atoms with E-state index in [0.29, 0.717) is 66.1 Å². The van der Waals surface area contributed by atoms with Crippen molar-refractivity contribution in [2.45, 2.75) is 90.4 Å². The first-order valence-electron chi connectivity index (χ1n) is 14.3. The second-order valence-corrected chi connectivity index (χ2v) is 8.93. The minimum Gasteiger partial charge on any atom is -0.467 e. The molecule has 0 saturated heterocycles. The van der Waals surface area contributed by atoms with Crippen molar-refractivity contribution < 1.29 is 38.0 Å². The average Bonchev–Trinajstić information content (AvgIpc) is 2.89. The highest BCUT2D eigenvalue weighted by Gasteiger charge is 1.99. The Morgan fingerprint density at radius 2 is 0.722 bits per heavy atom. The summed E-state index contributed by atoms with van der Waals surface area (Å²) >= 11 is 0. The Morgan fingerprint density at radius 3 is 1.08 bits per heavy atom. The highest BCUT2D eigenvalue weighted by atomic mass is 16.6. The van der Waals surface area contributed by atoms with Crippen molar-refractivity contribution in [3.63, 3.8) is 0 Å². The van der Waals surface area contributed by atoms with Crippen molar-refractivity contribution in [3.8, 4) is 0 Å². The summed E-state index contributed by atoms with van der Waals surface area (Å²) in [6.45, 7) is 8.21. The third-order valence-electron chi connectivity index (χ3n) is 5.70. The molecule has 0 aliphatic heterocycles. The Morgan fingerprint density at radius 1 is 0.417 bits per heavy atom. The number of methoxy groups -OCH3 is 1. The Balaban J connectivity index is 3.03. The molecule has 0 fully saturated rings. The van der Waals surface area contributed by atoms with Crippen molar-refractivity contribution >= 4 is 5.97 Å². The van der Waals surface area contributed by atoms with Crippen LogP contribution < -0.4 is 0 Å². The molecule has 0 aromatic heterocycles. The van der Waals surface area contributed by atoms with Gasteiger partial charge in [0.05, 0.1) is 73.2 Å². The highest BCUT2D eigenvalue weighted by Crippen LogP contribution is 2.12. The van der Waals surface area contributed by atoms with Gasteiger partial charge in [-0.05, 0) is 6.42 Å². The maximum absolute atomic E-state index is 10.8. The molecule has 0 aromatic rings. The van der Waals surface area contributed by atoms with Gasteiger partial charge in [-0.15, -0.1) is 0 Å². The van der Waals surface area contributed by atoms with Crippen LogP contribution in [0.25, 0.3) is 0 Å². The lowest BCUT2D eigenvalue weighted by Crippen LogP contribution is -2.15. The van der Waals surface area contributed by atoms with E-state index in [2.05, 4.69) is 11.7 Å². The van der Waals surface area contributed by atoms with Crippen molar-refractivity contribution in [2.75, 3.05) is 86.4 Å². The fourth-order valence-electron chi connectivity index (χ4n) is 3.54. The molecule has 0 unspecified atom stereocenters. The molecule has 0 spiro atoms. The first-order chi connectivity index (χ1) is 17.8. The summed E-state index contributed by atoms with van der Waals surface area (Å²) in [5.74, 6) is -0.391. The summed E-state index contributed by atoms with van der Waals surface area (Å²) in [6, 6.07) is 0. The summed E-state index contributed by atoms with van der Waals surface area (Å²) in [6.07, 6.45) is 17.8.